The minimum Gasteiger partial charge on any atom is -0.397 e. The molecule has 0 aliphatic rings. The Labute approximate surface area is 162 Å². The molecular formula is C20H21N7O. The summed E-state index contributed by atoms with van der Waals surface area (Å²) in [6.07, 6.45) is 8.20. The van der Waals surface area contributed by atoms with Crippen molar-refractivity contribution in [3.63, 3.8) is 0 Å². The van der Waals surface area contributed by atoms with Crippen LogP contribution in [0.25, 0.3) is 6.08 Å². The number of hydrogen-bond acceptors (Lipinski definition) is 7. The van der Waals surface area contributed by atoms with Crippen LogP contribution >= 0.6 is 0 Å². The summed E-state index contributed by atoms with van der Waals surface area (Å²) < 4.78 is 0. The summed E-state index contributed by atoms with van der Waals surface area (Å²) in [6, 6.07) is 12.6. The minimum atomic E-state index is -0.255. The van der Waals surface area contributed by atoms with Gasteiger partial charge in [0.05, 0.1) is 11.4 Å². The van der Waals surface area contributed by atoms with Crippen molar-refractivity contribution in [3.05, 3.63) is 72.7 Å². The lowest BCUT2D eigenvalue weighted by Crippen LogP contribution is -2.15. The van der Waals surface area contributed by atoms with Gasteiger partial charge in [0.15, 0.2) is 0 Å². The van der Waals surface area contributed by atoms with Crippen LogP contribution in [0.4, 0.5) is 23.1 Å². The van der Waals surface area contributed by atoms with Gasteiger partial charge < -0.3 is 21.7 Å². The summed E-state index contributed by atoms with van der Waals surface area (Å²) in [5, 5.41) is 9.04. The Bertz CT molecular complexity index is 927. The van der Waals surface area contributed by atoms with Crippen LogP contribution < -0.4 is 21.7 Å². The number of para-hydroxylation sites is 2. The van der Waals surface area contributed by atoms with Crippen molar-refractivity contribution in [3.8, 4) is 0 Å². The second kappa shape index (κ2) is 9.67. The summed E-state index contributed by atoms with van der Waals surface area (Å²) in [5.74, 6) is 1.08. The fourth-order valence-electron chi connectivity index (χ4n) is 2.32. The average Bonchev–Trinajstić information content (AvgIpc) is 2.73. The number of benzene rings is 1. The molecule has 1 aromatic carbocycles. The molecule has 0 unspecified atom stereocenters. The second-order valence-corrected chi connectivity index (χ2v) is 5.81. The number of rotatable bonds is 8. The van der Waals surface area contributed by atoms with Crippen LogP contribution in [0.1, 0.15) is 5.56 Å². The van der Waals surface area contributed by atoms with E-state index in [0.29, 0.717) is 30.4 Å². The van der Waals surface area contributed by atoms with Gasteiger partial charge in [-0.2, -0.15) is 0 Å². The van der Waals surface area contributed by atoms with Crippen molar-refractivity contribution in [2.24, 2.45) is 0 Å². The van der Waals surface area contributed by atoms with Crippen molar-refractivity contribution < 1.29 is 4.79 Å². The third kappa shape index (κ3) is 5.80. The molecular weight excluding hydrogens is 354 g/mol. The number of pyridine rings is 1. The van der Waals surface area contributed by atoms with Crippen LogP contribution in [0.2, 0.25) is 0 Å². The van der Waals surface area contributed by atoms with Crippen molar-refractivity contribution in [1.82, 2.24) is 15.0 Å². The van der Waals surface area contributed by atoms with Crippen molar-refractivity contribution in [2.75, 3.05) is 34.8 Å². The highest BCUT2D eigenvalue weighted by atomic mass is 16.1. The van der Waals surface area contributed by atoms with Gasteiger partial charge in [-0.05, 0) is 42.0 Å². The summed E-state index contributed by atoms with van der Waals surface area (Å²) in [7, 11) is 0. The van der Waals surface area contributed by atoms with E-state index in [4.69, 9.17) is 5.73 Å². The van der Waals surface area contributed by atoms with Gasteiger partial charge in [0, 0.05) is 37.8 Å². The smallest absolute Gasteiger partial charge is 0.248 e. The van der Waals surface area contributed by atoms with Crippen molar-refractivity contribution >= 4 is 35.1 Å². The monoisotopic (exact) mass is 375 g/mol. The third-order valence-corrected chi connectivity index (χ3v) is 3.71. The van der Waals surface area contributed by atoms with Crippen LogP contribution in [0.5, 0.6) is 0 Å². The van der Waals surface area contributed by atoms with E-state index in [0.717, 1.165) is 11.4 Å². The molecule has 0 spiro atoms. The van der Waals surface area contributed by atoms with Crippen LogP contribution in [-0.2, 0) is 4.79 Å². The Balaban J connectivity index is 1.44. The molecule has 0 bridgehead atoms. The van der Waals surface area contributed by atoms with Gasteiger partial charge in [0.2, 0.25) is 11.9 Å². The van der Waals surface area contributed by atoms with E-state index in [1.165, 1.54) is 6.08 Å². The van der Waals surface area contributed by atoms with E-state index >= 15 is 0 Å². The lowest BCUT2D eigenvalue weighted by molar-refractivity contribution is -0.111. The Morgan fingerprint density at radius 1 is 0.964 bits per heavy atom. The van der Waals surface area contributed by atoms with Crippen molar-refractivity contribution in [1.29, 1.82) is 0 Å². The predicted octanol–water partition coefficient (Wildman–Crippen LogP) is 2.63. The van der Waals surface area contributed by atoms with E-state index in [1.807, 2.05) is 24.3 Å². The third-order valence-electron chi connectivity index (χ3n) is 3.71. The number of nitrogens with one attached hydrogen (secondary N) is 3. The van der Waals surface area contributed by atoms with Crippen LogP contribution in [0.15, 0.2) is 67.1 Å². The summed E-state index contributed by atoms with van der Waals surface area (Å²) in [6.45, 7) is 1.33. The molecule has 0 fully saturated rings. The maximum absolute atomic E-state index is 12.0. The van der Waals surface area contributed by atoms with E-state index in [2.05, 4.69) is 30.9 Å². The molecule has 8 nitrogen and oxygen atoms in total. The van der Waals surface area contributed by atoms with Crippen LogP contribution in [0.3, 0.4) is 0 Å². The van der Waals surface area contributed by atoms with Gasteiger partial charge in [-0.25, -0.2) is 15.0 Å². The largest absolute Gasteiger partial charge is 0.397 e. The van der Waals surface area contributed by atoms with Crippen LogP contribution in [0, 0.1) is 0 Å². The van der Waals surface area contributed by atoms with Gasteiger partial charge in [-0.15, -0.1) is 0 Å². The molecule has 0 radical (unpaired) electrons. The van der Waals surface area contributed by atoms with E-state index in [1.54, 1.807) is 42.9 Å². The van der Waals surface area contributed by atoms with Gasteiger partial charge >= 0.3 is 0 Å². The molecule has 142 valence electrons. The molecule has 0 aliphatic carbocycles. The SMILES string of the molecule is Nc1ccccc1NC(=O)C=Cc1ccc(NCCNc2ncccn2)nc1. The summed E-state index contributed by atoms with van der Waals surface area (Å²) >= 11 is 0. The molecule has 3 rings (SSSR count). The van der Waals surface area contributed by atoms with Gasteiger partial charge in [0.25, 0.3) is 0 Å². The number of nitrogen functional groups attached to an aromatic ring is 1. The Morgan fingerprint density at radius 2 is 1.75 bits per heavy atom. The number of amides is 1. The fraction of sp³-hybridized carbons (Fsp3) is 0.100. The van der Waals surface area contributed by atoms with Crippen molar-refractivity contribution in [2.45, 2.75) is 0 Å². The number of aromatic nitrogens is 3. The normalized spacial score (nSPS) is 10.6. The quantitative estimate of drug-likeness (QED) is 0.271. The molecule has 0 saturated carbocycles. The average molecular weight is 375 g/mol. The number of nitrogens with two attached hydrogens (primary N) is 1. The number of hydrogen-bond donors (Lipinski definition) is 4. The summed E-state index contributed by atoms with van der Waals surface area (Å²) in [4.78, 5) is 24.5. The Kier molecular flexibility index (Phi) is 6.51. The molecule has 0 atom stereocenters. The van der Waals surface area contributed by atoms with Gasteiger partial charge in [-0.1, -0.05) is 12.1 Å². The lowest BCUT2D eigenvalue weighted by Gasteiger charge is -2.07. The second-order valence-electron chi connectivity index (χ2n) is 5.81. The van der Waals surface area contributed by atoms with Gasteiger partial charge in [0.1, 0.15) is 5.82 Å². The van der Waals surface area contributed by atoms with E-state index in [-0.39, 0.29) is 5.91 Å². The first-order valence-corrected chi connectivity index (χ1v) is 8.75. The Hall–Kier alpha value is -3.94. The highest BCUT2D eigenvalue weighted by molar-refractivity contribution is 6.03. The molecule has 1 amide bonds. The first-order valence-electron chi connectivity index (χ1n) is 8.75. The number of nitrogens with zero attached hydrogens (tertiary/aromatic N) is 3. The topological polar surface area (TPSA) is 118 Å². The number of carbonyl (C=O) groups excluding carboxylic acids is 1. The maximum atomic E-state index is 12.0. The predicted molar refractivity (Wildman–Crippen MR) is 112 cm³/mol. The first kappa shape index (κ1) is 18.8. The molecule has 2 heterocycles. The minimum absolute atomic E-state index is 0.255. The van der Waals surface area contributed by atoms with E-state index < -0.39 is 0 Å². The molecule has 2 aromatic heterocycles. The fourth-order valence-corrected chi connectivity index (χ4v) is 2.32. The number of anilines is 4. The zero-order chi connectivity index (χ0) is 19.6. The van der Waals surface area contributed by atoms with Gasteiger partial charge in [-0.3, -0.25) is 4.79 Å². The molecule has 3 aromatic rings. The highest BCUT2D eigenvalue weighted by Gasteiger charge is 2.01. The lowest BCUT2D eigenvalue weighted by atomic mass is 10.2. The standard InChI is InChI=1S/C20H21N7O/c21-16-4-1-2-5-17(16)27-19(28)9-7-15-6-8-18(26-14-15)22-12-13-25-20-23-10-3-11-24-20/h1-11,14H,12-13,21H2,(H,22,26)(H,27,28)(H,23,24,25). The number of carbonyl (C=O) groups is 1. The molecule has 0 aliphatic heterocycles. The maximum Gasteiger partial charge on any atom is 0.248 e. The zero-order valence-corrected chi connectivity index (χ0v) is 15.2. The highest BCUT2D eigenvalue weighted by Crippen LogP contribution is 2.16. The Morgan fingerprint density at radius 3 is 2.50 bits per heavy atom. The first-order chi connectivity index (χ1) is 13.7. The molecule has 5 N–H and O–H groups in total. The molecule has 8 heteroatoms. The summed E-state index contributed by atoms with van der Waals surface area (Å²) in [5.41, 5.74) is 7.74. The van der Waals surface area contributed by atoms with E-state index in [9.17, 15) is 4.79 Å². The van der Waals surface area contributed by atoms with Crippen LogP contribution in [-0.4, -0.2) is 33.9 Å². The molecule has 28 heavy (non-hydrogen) atoms. The zero-order valence-electron chi connectivity index (χ0n) is 15.2. The molecule has 0 saturated heterocycles.